The fraction of sp³-hybridized carbons (Fsp3) is 0.800. The average Bonchev–Trinajstić information content (AvgIpc) is 2.02. The highest BCUT2D eigenvalue weighted by Gasteiger charge is 2.01. The van der Waals surface area contributed by atoms with E-state index in [2.05, 4.69) is 19.2 Å². The van der Waals surface area contributed by atoms with Gasteiger partial charge in [0.1, 0.15) is 0 Å². The van der Waals surface area contributed by atoms with Gasteiger partial charge >= 0.3 is 0 Å². The Labute approximate surface area is 84.7 Å². The van der Waals surface area contributed by atoms with Gasteiger partial charge in [0.05, 0.1) is 0 Å². The molecule has 0 aromatic carbocycles. The zero-order valence-corrected chi connectivity index (χ0v) is 8.84. The fourth-order valence-electron chi connectivity index (χ4n) is 0.982. The molecule has 0 aliphatic carbocycles. The van der Waals surface area contributed by atoms with Crippen LogP contribution in [-0.4, -0.2) is 18.4 Å². The third kappa shape index (κ3) is 9.03. The summed E-state index contributed by atoms with van der Waals surface area (Å²) in [4.78, 5) is 21.1. The van der Waals surface area contributed by atoms with E-state index in [0.717, 1.165) is 6.42 Å². The van der Waals surface area contributed by atoms with Crippen molar-refractivity contribution < 1.29 is 14.7 Å². The fourth-order valence-corrected chi connectivity index (χ4v) is 0.982. The summed E-state index contributed by atoms with van der Waals surface area (Å²) in [6, 6.07) is 0. The monoisotopic (exact) mass is 200 g/mol. The molecule has 0 heterocycles. The van der Waals surface area contributed by atoms with E-state index in [1.165, 1.54) is 0 Å². The minimum Gasteiger partial charge on any atom is -0.550 e. The highest BCUT2D eigenvalue weighted by molar-refractivity contribution is 5.76. The first-order chi connectivity index (χ1) is 6.52. The molecule has 0 unspecified atom stereocenters. The first kappa shape index (κ1) is 12.9. The van der Waals surface area contributed by atoms with E-state index >= 15 is 0 Å². The Hall–Kier alpha value is -1.06. The largest absolute Gasteiger partial charge is 0.550 e. The molecule has 82 valence electrons. The van der Waals surface area contributed by atoms with Crippen molar-refractivity contribution >= 4 is 11.9 Å². The lowest BCUT2D eigenvalue weighted by atomic mass is 10.1. The van der Waals surface area contributed by atoms with Crippen LogP contribution in [0.4, 0.5) is 0 Å². The molecule has 14 heavy (non-hydrogen) atoms. The number of hydrogen-bond acceptors (Lipinski definition) is 3. The zero-order valence-electron chi connectivity index (χ0n) is 8.84. The van der Waals surface area contributed by atoms with Gasteiger partial charge in [-0.1, -0.05) is 13.8 Å². The van der Waals surface area contributed by atoms with E-state index in [1.807, 2.05) is 0 Å². The van der Waals surface area contributed by atoms with Gasteiger partial charge in [-0.15, -0.1) is 0 Å². The van der Waals surface area contributed by atoms with E-state index in [0.29, 0.717) is 18.9 Å². The Morgan fingerprint density at radius 2 is 1.93 bits per heavy atom. The predicted molar refractivity (Wildman–Crippen MR) is 51.3 cm³/mol. The maximum absolute atomic E-state index is 11.1. The molecule has 0 aliphatic rings. The van der Waals surface area contributed by atoms with E-state index in [-0.39, 0.29) is 18.7 Å². The Balaban J connectivity index is 3.33. The summed E-state index contributed by atoms with van der Waals surface area (Å²) in [6.07, 6.45) is 1.53. The van der Waals surface area contributed by atoms with Gasteiger partial charge in [-0.05, 0) is 25.2 Å². The topological polar surface area (TPSA) is 69.2 Å². The first-order valence-electron chi connectivity index (χ1n) is 4.99. The van der Waals surface area contributed by atoms with Gasteiger partial charge in [0, 0.05) is 18.9 Å². The van der Waals surface area contributed by atoms with E-state index in [1.54, 1.807) is 0 Å². The molecule has 0 rings (SSSR count). The van der Waals surface area contributed by atoms with Crippen LogP contribution in [-0.2, 0) is 9.59 Å². The lowest BCUT2D eigenvalue weighted by molar-refractivity contribution is -0.305. The highest BCUT2D eigenvalue weighted by Crippen LogP contribution is 1.98. The minimum absolute atomic E-state index is 0.0440. The molecule has 0 fully saturated rings. The highest BCUT2D eigenvalue weighted by atomic mass is 16.4. The Bertz CT molecular complexity index is 190. The zero-order chi connectivity index (χ0) is 11.0. The number of rotatable bonds is 7. The summed E-state index contributed by atoms with van der Waals surface area (Å²) in [5.41, 5.74) is 0. The molecule has 1 N–H and O–H groups in total. The third-order valence-corrected chi connectivity index (χ3v) is 1.83. The number of carboxylic acid groups (broad SMARTS) is 1. The second-order valence-electron chi connectivity index (χ2n) is 3.76. The Morgan fingerprint density at radius 3 is 2.43 bits per heavy atom. The molecule has 0 atom stereocenters. The van der Waals surface area contributed by atoms with Crippen molar-refractivity contribution in [3.05, 3.63) is 0 Å². The standard InChI is InChI=1S/C10H19NO3/c1-8(2)6-7-11-9(12)4-3-5-10(13)14/h8H,3-7H2,1-2H3,(H,11,12)(H,13,14)/p-1. The van der Waals surface area contributed by atoms with Crippen molar-refractivity contribution in [2.45, 2.75) is 39.5 Å². The quantitative estimate of drug-likeness (QED) is 0.632. The number of nitrogens with one attached hydrogen (secondary N) is 1. The third-order valence-electron chi connectivity index (χ3n) is 1.83. The molecule has 0 aliphatic heterocycles. The number of carboxylic acids is 1. The second kappa shape index (κ2) is 7.35. The molecule has 4 heteroatoms. The molecular weight excluding hydrogens is 182 g/mol. The van der Waals surface area contributed by atoms with Gasteiger partial charge < -0.3 is 15.2 Å². The van der Waals surface area contributed by atoms with Crippen molar-refractivity contribution in [1.82, 2.24) is 5.32 Å². The van der Waals surface area contributed by atoms with Crippen LogP contribution < -0.4 is 10.4 Å². The molecule has 0 radical (unpaired) electrons. The predicted octanol–water partition coefficient (Wildman–Crippen LogP) is 0.0689. The molecular formula is C10H18NO3-. The lowest BCUT2D eigenvalue weighted by Gasteiger charge is -2.07. The molecule has 1 amide bonds. The van der Waals surface area contributed by atoms with Gasteiger partial charge in [0.25, 0.3) is 0 Å². The van der Waals surface area contributed by atoms with Crippen molar-refractivity contribution in [2.75, 3.05) is 6.54 Å². The van der Waals surface area contributed by atoms with Crippen molar-refractivity contribution in [2.24, 2.45) is 5.92 Å². The van der Waals surface area contributed by atoms with Crippen LogP contribution in [0.1, 0.15) is 39.5 Å². The lowest BCUT2D eigenvalue weighted by Crippen LogP contribution is -2.26. The summed E-state index contributed by atoms with van der Waals surface area (Å²) < 4.78 is 0. The van der Waals surface area contributed by atoms with Gasteiger partial charge in [-0.3, -0.25) is 4.79 Å². The van der Waals surface area contributed by atoms with Gasteiger partial charge in [-0.25, -0.2) is 0 Å². The number of amides is 1. The maximum Gasteiger partial charge on any atom is 0.220 e. The van der Waals surface area contributed by atoms with Crippen LogP contribution in [0.15, 0.2) is 0 Å². The first-order valence-corrected chi connectivity index (χ1v) is 4.99. The molecule has 4 nitrogen and oxygen atoms in total. The smallest absolute Gasteiger partial charge is 0.220 e. The molecule has 0 aromatic heterocycles. The van der Waals surface area contributed by atoms with E-state index in [9.17, 15) is 14.7 Å². The molecule has 0 bridgehead atoms. The molecule has 0 saturated carbocycles. The summed E-state index contributed by atoms with van der Waals surface area (Å²) in [6.45, 7) is 4.84. The SMILES string of the molecule is CC(C)CCNC(=O)CCCC(=O)[O-]. The maximum atomic E-state index is 11.1. The summed E-state index contributed by atoms with van der Waals surface area (Å²) in [5, 5.41) is 12.8. The van der Waals surface area contributed by atoms with Crippen LogP contribution in [0.25, 0.3) is 0 Å². The molecule has 0 spiro atoms. The van der Waals surface area contributed by atoms with Gasteiger partial charge in [0.2, 0.25) is 5.91 Å². The Morgan fingerprint density at radius 1 is 1.29 bits per heavy atom. The van der Waals surface area contributed by atoms with Gasteiger partial charge in [0.15, 0.2) is 0 Å². The summed E-state index contributed by atoms with van der Waals surface area (Å²) in [7, 11) is 0. The van der Waals surface area contributed by atoms with E-state index in [4.69, 9.17) is 0 Å². The summed E-state index contributed by atoms with van der Waals surface area (Å²) >= 11 is 0. The number of aliphatic carboxylic acids is 1. The number of carbonyl (C=O) groups excluding carboxylic acids is 2. The van der Waals surface area contributed by atoms with Gasteiger partial charge in [-0.2, -0.15) is 0 Å². The second-order valence-corrected chi connectivity index (χ2v) is 3.76. The minimum atomic E-state index is -1.10. The van der Waals surface area contributed by atoms with Crippen LogP contribution in [0, 0.1) is 5.92 Å². The van der Waals surface area contributed by atoms with Crippen molar-refractivity contribution in [1.29, 1.82) is 0 Å². The number of carbonyl (C=O) groups is 2. The number of hydrogen-bond donors (Lipinski definition) is 1. The van der Waals surface area contributed by atoms with Crippen LogP contribution in [0.3, 0.4) is 0 Å². The Kier molecular flexibility index (Phi) is 6.80. The average molecular weight is 200 g/mol. The van der Waals surface area contributed by atoms with Crippen LogP contribution >= 0.6 is 0 Å². The molecule has 0 aromatic rings. The van der Waals surface area contributed by atoms with Crippen molar-refractivity contribution in [3.63, 3.8) is 0 Å². The van der Waals surface area contributed by atoms with Crippen LogP contribution in [0.5, 0.6) is 0 Å². The molecule has 0 saturated heterocycles. The normalized spacial score (nSPS) is 10.2. The van der Waals surface area contributed by atoms with Crippen molar-refractivity contribution in [3.8, 4) is 0 Å². The van der Waals surface area contributed by atoms with Crippen LogP contribution in [0.2, 0.25) is 0 Å². The summed E-state index contributed by atoms with van der Waals surface area (Å²) in [5.74, 6) is -0.606. The van der Waals surface area contributed by atoms with E-state index < -0.39 is 5.97 Å².